The monoisotopic (exact) mass is 497 g/mol. The second-order valence-electron chi connectivity index (χ2n) is 9.83. The minimum absolute atomic E-state index is 0.0796. The molecule has 32 heavy (non-hydrogen) atoms. The fourth-order valence-corrected chi connectivity index (χ4v) is 7.10. The van der Waals surface area contributed by atoms with Crippen LogP contribution in [0.2, 0.25) is 0 Å². The Hall–Kier alpha value is -0.180. The molecule has 0 fully saturated rings. The molecule has 0 aliphatic heterocycles. The SMILES string of the molecule is CCC(CC)(CCCCOCCCCC(CC)(CC)CS(C)(=O)=O)CCCCS(N)(=O)=O. The van der Waals surface area contributed by atoms with E-state index in [-0.39, 0.29) is 16.9 Å². The summed E-state index contributed by atoms with van der Waals surface area (Å²) >= 11 is 0. The Labute approximate surface area is 199 Å². The van der Waals surface area contributed by atoms with Gasteiger partial charge < -0.3 is 4.74 Å². The number of rotatable bonds is 21. The van der Waals surface area contributed by atoms with Crippen molar-refractivity contribution in [3.05, 3.63) is 0 Å². The number of hydrogen-bond donors (Lipinski definition) is 1. The number of primary sulfonamides is 1. The normalized spacial score (nSPS) is 13.6. The first-order chi connectivity index (χ1) is 14.9. The van der Waals surface area contributed by atoms with Gasteiger partial charge in [0.2, 0.25) is 10.0 Å². The van der Waals surface area contributed by atoms with Gasteiger partial charge in [-0.3, -0.25) is 0 Å². The molecule has 0 saturated carbocycles. The average Bonchev–Trinajstić information content (AvgIpc) is 2.71. The molecule has 0 aromatic heterocycles. The Bertz CT molecular complexity index is 681. The number of ether oxygens (including phenoxy) is 1. The molecular formula is C24H51NO5S2. The van der Waals surface area contributed by atoms with Crippen molar-refractivity contribution in [1.29, 1.82) is 0 Å². The van der Waals surface area contributed by atoms with E-state index in [1.807, 2.05) is 0 Å². The number of nitrogens with two attached hydrogens (primary N) is 1. The number of hydrogen-bond acceptors (Lipinski definition) is 5. The molecule has 0 aliphatic carbocycles. The Balaban J connectivity index is 4.11. The van der Waals surface area contributed by atoms with Crippen molar-refractivity contribution in [3.8, 4) is 0 Å². The van der Waals surface area contributed by atoms with Gasteiger partial charge in [-0.25, -0.2) is 22.0 Å². The average molecular weight is 498 g/mol. The molecule has 0 saturated heterocycles. The van der Waals surface area contributed by atoms with Gasteiger partial charge in [-0.05, 0) is 62.2 Å². The first kappa shape index (κ1) is 31.8. The standard InChI is InChI=1S/C24H51NO5S2/c1-6-23(7-2,17-12-15-21-32(25,28)29)16-10-13-19-30-20-14-11-18-24(8-3,9-4)22-31(5,26)27/h6-22H2,1-5H3,(H2,25,28,29). The van der Waals surface area contributed by atoms with Crippen LogP contribution in [0.5, 0.6) is 0 Å². The van der Waals surface area contributed by atoms with Gasteiger partial charge in [0, 0.05) is 19.5 Å². The molecule has 194 valence electrons. The molecule has 0 aliphatic rings. The number of unbranched alkanes of at least 4 members (excludes halogenated alkanes) is 3. The van der Waals surface area contributed by atoms with Crippen LogP contribution in [-0.4, -0.2) is 47.8 Å². The van der Waals surface area contributed by atoms with E-state index in [1.54, 1.807) is 0 Å². The summed E-state index contributed by atoms with van der Waals surface area (Å²) in [5.41, 5.74) is 0.202. The van der Waals surface area contributed by atoms with E-state index in [2.05, 4.69) is 27.7 Å². The molecule has 0 heterocycles. The Morgan fingerprint density at radius 3 is 1.44 bits per heavy atom. The fraction of sp³-hybridized carbons (Fsp3) is 1.00. The van der Waals surface area contributed by atoms with Crippen molar-refractivity contribution in [3.63, 3.8) is 0 Å². The van der Waals surface area contributed by atoms with Gasteiger partial charge in [0.25, 0.3) is 0 Å². The summed E-state index contributed by atoms with van der Waals surface area (Å²) in [5, 5.41) is 5.10. The second kappa shape index (κ2) is 15.7. The first-order valence-corrected chi connectivity index (χ1v) is 16.4. The van der Waals surface area contributed by atoms with Crippen LogP contribution in [0.1, 0.15) is 111 Å². The molecule has 0 radical (unpaired) electrons. The molecule has 0 unspecified atom stereocenters. The van der Waals surface area contributed by atoms with Crippen molar-refractivity contribution in [2.45, 2.75) is 111 Å². The van der Waals surface area contributed by atoms with E-state index in [0.717, 1.165) is 90.3 Å². The smallest absolute Gasteiger partial charge is 0.209 e. The third-order valence-electron chi connectivity index (χ3n) is 7.45. The lowest BCUT2D eigenvalue weighted by Gasteiger charge is -2.32. The summed E-state index contributed by atoms with van der Waals surface area (Å²) in [6, 6.07) is 0. The molecule has 0 spiro atoms. The summed E-state index contributed by atoms with van der Waals surface area (Å²) in [4.78, 5) is 0. The zero-order chi connectivity index (χ0) is 24.7. The highest BCUT2D eigenvalue weighted by atomic mass is 32.2. The van der Waals surface area contributed by atoms with Gasteiger partial charge in [0.05, 0.1) is 11.5 Å². The zero-order valence-corrected chi connectivity index (χ0v) is 23.1. The zero-order valence-electron chi connectivity index (χ0n) is 21.5. The van der Waals surface area contributed by atoms with Crippen LogP contribution in [0.4, 0.5) is 0 Å². The van der Waals surface area contributed by atoms with Crippen LogP contribution >= 0.6 is 0 Å². The predicted molar refractivity (Wildman–Crippen MR) is 136 cm³/mol. The maximum absolute atomic E-state index is 11.8. The summed E-state index contributed by atoms with van der Waals surface area (Å²) in [6.07, 6.45) is 14.2. The van der Waals surface area contributed by atoms with Crippen molar-refractivity contribution >= 4 is 19.9 Å². The van der Waals surface area contributed by atoms with E-state index in [1.165, 1.54) is 6.26 Å². The summed E-state index contributed by atoms with van der Waals surface area (Å²) in [5.74, 6) is 0.364. The molecule has 8 heteroatoms. The highest BCUT2D eigenvalue weighted by molar-refractivity contribution is 7.90. The highest BCUT2D eigenvalue weighted by Gasteiger charge is 2.29. The number of sulfone groups is 1. The molecule has 6 nitrogen and oxygen atoms in total. The summed E-state index contributed by atoms with van der Waals surface area (Å²) < 4.78 is 51.6. The maximum atomic E-state index is 11.8. The third-order valence-corrected chi connectivity index (χ3v) is 9.44. The second-order valence-corrected chi connectivity index (χ2v) is 13.7. The molecule has 0 aromatic carbocycles. The van der Waals surface area contributed by atoms with Crippen LogP contribution in [-0.2, 0) is 24.6 Å². The maximum Gasteiger partial charge on any atom is 0.209 e. The lowest BCUT2D eigenvalue weighted by atomic mass is 9.74. The lowest BCUT2D eigenvalue weighted by Crippen LogP contribution is -2.28. The lowest BCUT2D eigenvalue weighted by molar-refractivity contribution is 0.116. The quantitative estimate of drug-likeness (QED) is 0.212. The largest absolute Gasteiger partial charge is 0.381 e. The van der Waals surface area contributed by atoms with Gasteiger partial charge >= 0.3 is 0 Å². The molecule has 0 bridgehead atoms. The van der Waals surface area contributed by atoms with Gasteiger partial charge in [-0.1, -0.05) is 59.8 Å². The van der Waals surface area contributed by atoms with Gasteiger partial charge in [-0.15, -0.1) is 0 Å². The topological polar surface area (TPSA) is 104 Å². The van der Waals surface area contributed by atoms with E-state index in [9.17, 15) is 16.8 Å². The van der Waals surface area contributed by atoms with Crippen molar-refractivity contribution in [1.82, 2.24) is 0 Å². The Kier molecular flexibility index (Phi) is 15.6. The molecule has 0 rings (SSSR count). The van der Waals surface area contributed by atoms with Crippen LogP contribution in [0.15, 0.2) is 0 Å². The van der Waals surface area contributed by atoms with Crippen LogP contribution in [0.3, 0.4) is 0 Å². The highest BCUT2D eigenvalue weighted by Crippen LogP contribution is 2.38. The van der Waals surface area contributed by atoms with Crippen molar-refractivity contribution in [2.24, 2.45) is 16.0 Å². The van der Waals surface area contributed by atoms with Crippen molar-refractivity contribution < 1.29 is 21.6 Å². The first-order valence-electron chi connectivity index (χ1n) is 12.6. The van der Waals surface area contributed by atoms with E-state index in [0.29, 0.717) is 11.8 Å². The molecule has 0 aromatic rings. The van der Waals surface area contributed by atoms with Crippen LogP contribution in [0.25, 0.3) is 0 Å². The molecular weight excluding hydrogens is 446 g/mol. The predicted octanol–water partition coefficient (Wildman–Crippen LogP) is 5.46. The fourth-order valence-electron chi connectivity index (χ4n) is 4.83. The van der Waals surface area contributed by atoms with Crippen LogP contribution in [0, 0.1) is 10.8 Å². The van der Waals surface area contributed by atoms with Gasteiger partial charge in [0.1, 0.15) is 9.84 Å². The van der Waals surface area contributed by atoms with Gasteiger partial charge in [-0.2, -0.15) is 0 Å². The van der Waals surface area contributed by atoms with Crippen LogP contribution < -0.4 is 5.14 Å². The van der Waals surface area contributed by atoms with E-state index >= 15 is 0 Å². The minimum Gasteiger partial charge on any atom is -0.381 e. The Morgan fingerprint density at radius 1 is 0.656 bits per heavy atom. The minimum atomic E-state index is -3.35. The molecule has 0 amide bonds. The van der Waals surface area contributed by atoms with Gasteiger partial charge in [0.15, 0.2) is 0 Å². The third kappa shape index (κ3) is 14.9. The van der Waals surface area contributed by atoms with Crippen molar-refractivity contribution in [2.75, 3.05) is 31.0 Å². The van der Waals surface area contributed by atoms with E-state index < -0.39 is 19.9 Å². The molecule has 2 N–H and O–H groups in total. The summed E-state index contributed by atoms with van der Waals surface area (Å²) in [6.45, 7) is 10.2. The number of sulfonamides is 1. The Morgan fingerprint density at radius 2 is 1.06 bits per heavy atom. The van der Waals surface area contributed by atoms with E-state index in [4.69, 9.17) is 9.88 Å². The summed E-state index contributed by atoms with van der Waals surface area (Å²) in [7, 11) is -6.31. The molecule has 0 atom stereocenters.